The first-order chi connectivity index (χ1) is 12.2. The zero-order chi connectivity index (χ0) is 18.9. The van der Waals surface area contributed by atoms with E-state index < -0.39 is 17.6 Å². The Morgan fingerprint density at radius 1 is 1.35 bits per heavy atom. The summed E-state index contributed by atoms with van der Waals surface area (Å²) >= 11 is 0. The minimum atomic E-state index is -0.699. The highest BCUT2D eigenvalue weighted by molar-refractivity contribution is 5.90. The van der Waals surface area contributed by atoms with Crippen LogP contribution in [0.15, 0.2) is 18.2 Å². The molecule has 0 saturated heterocycles. The van der Waals surface area contributed by atoms with Gasteiger partial charge in [0, 0.05) is 17.0 Å². The molecule has 0 spiro atoms. The Labute approximate surface area is 151 Å². The van der Waals surface area contributed by atoms with Crippen LogP contribution in [0.2, 0.25) is 0 Å². The van der Waals surface area contributed by atoms with Crippen LogP contribution in [0, 0.1) is 17.0 Å². The SMILES string of the molecule is CCOC(=O)c1nn(-c2ccc(F)cc2F)c2c1C1CCC2(C)C1(C)C. The molecule has 2 atom stereocenters. The number of hydrogen-bond acceptors (Lipinski definition) is 3. The predicted molar refractivity (Wildman–Crippen MR) is 92.5 cm³/mol. The molecule has 6 heteroatoms. The molecule has 0 N–H and O–H groups in total. The van der Waals surface area contributed by atoms with Crippen molar-refractivity contribution in [2.24, 2.45) is 5.41 Å². The number of halogens is 2. The topological polar surface area (TPSA) is 44.1 Å². The van der Waals surface area contributed by atoms with E-state index in [1.807, 2.05) is 0 Å². The zero-order valence-corrected chi connectivity index (χ0v) is 15.4. The average Bonchev–Trinajstić information content (AvgIpc) is 3.11. The maximum absolute atomic E-state index is 14.5. The largest absolute Gasteiger partial charge is 0.461 e. The van der Waals surface area contributed by atoms with Crippen LogP contribution in [0.1, 0.15) is 68.2 Å². The van der Waals surface area contributed by atoms with Gasteiger partial charge >= 0.3 is 5.97 Å². The van der Waals surface area contributed by atoms with Crippen LogP contribution in [-0.2, 0) is 10.2 Å². The second-order valence-electron chi connectivity index (χ2n) is 7.98. The van der Waals surface area contributed by atoms with Crippen LogP contribution >= 0.6 is 0 Å². The summed E-state index contributed by atoms with van der Waals surface area (Å²) in [6, 6.07) is 3.42. The molecule has 1 fully saturated rings. The van der Waals surface area contributed by atoms with E-state index in [9.17, 15) is 13.6 Å². The number of benzene rings is 1. The smallest absolute Gasteiger partial charge is 0.359 e. The molecule has 4 rings (SSSR count). The highest BCUT2D eigenvalue weighted by Crippen LogP contribution is 2.68. The molecule has 0 aliphatic heterocycles. The third kappa shape index (κ3) is 1.98. The third-order valence-electron chi connectivity index (χ3n) is 6.63. The molecule has 26 heavy (non-hydrogen) atoms. The summed E-state index contributed by atoms with van der Waals surface area (Å²) in [6.45, 7) is 8.51. The van der Waals surface area contributed by atoms with Gasteiger partial charge in [-0.25, -0.2) is 18.3 Å². The maximum atomic E-state index is 14.5. The Morgan fingerprint density at radius 3 is 2.73 bits per heavy atom. The molecule has 1 aromatic heterocycles. The number of fused-ring (bicyclic) bond motifs is 5. The number of esters is 1. The molecule has 2 aromatic rings. The Balaban J connectivity index is 2.00. The number of carbonyl (C=O) groups excluding carboxylic acids is 1. The molecular formula is C20H22F2N2O2. The second kappa shape index (κ2) is 5.38. The summed E-state index contributed by atoms with van der Waals surface area (Å²) in [7, 11) is 0. The molecule has 2 aliphatic carbocycles. The highest BCUT2D eigenvalue weighted by Gasteiger charge is 2.63. The van der Waals surface area contributed by atoms with E-state index in [0.29, 0.717) is 0 Å². The van der Waals surface area contributed by atoms with Crippen molar-refractivity contribution >= 4 is 5.97 Å². The van der Waals surface area contributed by atoms with Gasteiger partial charge in [-0.15, -0.1) is 0 Å². The minimum Gasteiger partial charge on any atom is -0.461 e. The summed E-state index contributed by atoms with van der Waals surface area (Å²) in [5.41, 5.74) is 1.80. The number of ether oxygens (including phenoxy) is 1. The lowest BCUT2D eigenvalue weighted by molar-refractivity contribution is 0.0516. The normalized spacial score (nSPS) is 25.4. The molecule has 4 nitrogen and oxygen atoms in total. The first kappa shape index (κ1) is 17.2. The molecule has 2 unspecified atom stereocenters. The molecule has 2 bridgehead atoms. The Morgan fingerprint density at radius 2 is 2.08 bits per heavy atom. The third-order valence-corrected chi connectivity index (χ3v) is 6.63. The van der Waals surface area contributed by atoms with Crippen molar-refractivity contribution in [1.82, 2.24) is 9.78 Å². The van der Waals surface area contributed by atoms with E-state index in [1.54, 1.807) is 6.92 Å². The molecule has 1 heterocycles. The van der Waals surface area contributed by atoms with E-state index in [-0.39, 0.29) is 34.7 Å². The van der Waals surface area contributed by atoms with Crippen LogP contribution in [0.25, 0.3) is 5.69 Å². The first-order valence-corrected chi connectivity index (χ1v) is 8.98. The molecule has 1 saturated carbocycles. The quantitative estimate of drug-likeness (QED) is 0.757. The van der Waals surface area contributed by atoms with E-state index in [2.05, 4.69) is 25.9 Å². The fourth-order valence-electron chi connectivity index (χ4n) is 4.90. The zero-order valence-electron chi connectivity index (χ0n) is 15.4. The van der Waals surface area contributed by atoms with Gasteiger partial charge in [0.05, 0.1) is 12.3 Å². The number of rotatable bonds is 3. The molecule has 1 aromatic carbocycles. The van der Waals surface area contributed by atoms with Gasteiger partial charge in [0.15, 0.2) is 11.5 Å². The Hall–Kier alpha value is -2.24. The summed E-state index contributed by atoms with van der Waals surface area (Å²) < 4.78 is 34.6. The molecule has 2 aliphatic rings. The van der Waals surface area contributed by atoms with Gasteiger partial charge in [-0.1, -0.05) is 20.8 Å². The van der Waals surface area contributed by atoms with Crippen LogP contribution in [0.3, 0.4) is 0 Å². The summed E-state index contributed by atoms with van der Waals surface area (Å²) in [5.74, 6) is -1.67. The van der Waals surface area contributed by atoms with Crippen molar-refractivity contribution in [3.05, 3.63) is 46.8 Å². The maximum Gasteiger partial charge on any atom is 0.359 e. The van der Waals surface area contributed by atoms with E-state index in [4.69, 9.17) is 4.74 Å². The van der Waals surface area contributed by atoms with Crippen molar-refractivity contribution in [2.45, 2.75) is 51.9 Å². The van der Waals surface area contributed by atoms with E-state index in [0.717, 1.165) is 30.2 Å². The lowest BCUT2D eigenvalue weighted by atomic mass is 9.70. The van der Waals surface area contributed by atoms with Gasteiger partial charge < -0.3 is 4.74 Å². The highest BCUT2D eigenvalue weighted by atomic mass is 19.1. The fourth-order valence-corrected chi connectivity index (χ4v) is 4.90. The van der Waals surface area contributed by atoms with Gasteiger partial charge in [-0.05, 0) is 43.2 Å². The number of carbonyl (C=O) groups is 1. The van der Waals surface area contributed by atoms with Crippen molar-refractivity contribution in [1.29, 1.82) is 0 Å². The van der Waals surface area contributed by atoms with Crippen molar-refractivity contribution in [2.75, 3.05) is 6.61 Å². The average molecular weight is 360 g/mol. The minimum absolute atomic E-state index is 0.0832. The van der Waals surface area contributed by atoms with Crippen molar-refractivity contribution < 1.29 is 18.3 Å². The number of nitrogens with zero attached hydrogens (tertiary/aromatic N) is 2. The van der Waals surface area contributed by atoms with Gasteiger partial charge in [-0.3, -0.25) is 0 Å². The van der Waals surface area contributed by atoms with Crippen LogP contribution < -0.4 is 0 Å². The number of aromatic nitrogens is 2. The van der Waals surface area contributed by atoms with Crippen LogP contribution in [0.4, 0.5) is 8.78 Å². The van der Waals surface area contributed by atoms with Crippen molar-refractivity contribution in [3.8, 4) is 5.69 Å². The summed E-state index contributed by atoms with van der Waals surface area (Å²) in [6.07, 6.45) is 1.90. The van der Waals surface area contributed by atoms with E-state index in [1.165, 1.54) is 16.8 Å². The second-order valence-corrected chi connectivity index (χ2v) is 7.98. The van der Waals surface area contributed by atoms with Gasteiger partial charge in [0.25, 0.3) is 0 Å². The van der Waals surface area contributed by atoms with Gasteiger partial charge in [-0.2, -0.15) is 5.10 Å². The summed E-state index contributed by atoms with van der Waals surface area (Å²) in [5, 5.41) is 4.44. The lowest BCUT2D eigenvalue weighted by Crippen LogP contribution is -2.33. The van der Waals surface area contributed by atoms with E-state index >= 15 is 0 Å². The van der Waals surface area contributed by atoms with Crippen LogP contribution in [-0.4, -0.2) is 22.4 Å². The number of hydrogen-bond donors (Lipinski definition) is 0. The van der Waals surface area contributed by atoms with Gasteiger partial charge in [0.2, 0.25) is 0 Å². The predicted octanol–water partition coefficient (Wildman–Crippen LogP) is 4.50. The fraction of sp³-hybridized carbons (Fsp3) is 0.500. The Bertz CT molecular complexity index is 919. The van der Waals surface area contributed by atoms with Gasteiger partial charge in [0.1, 0.15) is 11.5 Å². The molecule has 138 valence electrons. The monoisotopic (exact) mass is 360 g/mol. The molecule has 0 radical (unpaired) electrons. The van der Waals surface area contributed by atoms with Crippen molar-refractivity contribution in [3.63, 3.8) is 0 Å². The first-order valence-electron chi connectivity index (χ1n) is 8.98. The van der Waals surface area contributed by atoms with Crippen LogP contribution in [0.5, 0.6) is 0 Å². The molecule has 0 amide bonds. The molecular weight excluding hydrogens is 338 g/mol. The lowest BCUT2D eigenvalue weighted by Gasteiger charge is -2.35. The standard InChI is InChI=1S/C20H22F2N2O2/c1-5-26-18(25)16-15-12-8-9-20(4,19(12,2)3)17(15)24(23-16)14-7-6-11(21)10-13(14)22/h6-7,10,12H,5,8-9H2,1-4H3. The summed E-state index contributed by atoms with van der Waals surface area (Å²) in [4.78, 5) is 12.5. The Kier molecular flexibility index (Phi) is 3.56.